The summed E-state index contributed by atoms with van der Waals surface area (Å²) in [6.45, 7) is 7.14. The Kier molecular flexibility index (Phi) is 6.02. The van der Waals surface area contributed by atoms with Gasteiger partial charge in [0.2, 0.25) is 0 Å². The Bertz CT molecular complexity index is 717. The molecule has 5 heteroatoms. The lowest BCUT2D eigenvalue weighted by atomic mass is 10.1. The highest BCUT2D eigenvalue weighted by Crippen LogP contribution is 2.28. The lowest BCUT2D eigenvalue weighted by Gasteiger charge is -2.15. The number of carbonyl (C=O) groups is 1. The van der Waals surface area contributed by atoms with Crippen LogP contribution in [0.25, 0.3) is 10.9 Å². The minimum atomic E-state index is -0.244. The number of rotatable bonds is 7. The number of aryl methyl sites for hydroxylation is 1. The van der Waals surface area contributed by atoms with E-state index in [0.29, 0.717) is 12.2 Å². The molecule has 132 valence electrons. The second-order valence-corrected chi connectivity index (χ2v) is 6.81. The molecule has 0 unspecified atom stereocenters. The zero-order valence-electron chi connectivity index (χ0n) is 15.7. The number of carbonyl (C=O) groups excluding carboxylic acids is 1. The second-order valence-electron chi connectivity index (χ2n) is 6.81. The maximum absolute atomic E-state index is 12.6. The number of fused-ring (bicyclic) bond motifs is 1. The van der Waals surface area contributed by atoms with E-state index in [1.54, 1.807) is 0 Å². The van der Waals surface area contributed by atoms with Crippen LogP contribution in [0, 0.1) is 13.8 Å². The van der Waals surface area contributed by atoms with Crippen LogP contribution < -0.4 is 0 Å². The van der Waals surface area contributed by atoms with Gasteiger partial charge in [-0.3, -0.25) is 0 Å². The molecule has 0 spiro atoms. The lowest BCUT2D eigenvalue weighted by molar-refractivity contribution is 0.0483. The third kappa shape index (κ3) is 3.97. The van der Waals surface area contributed by atoms with Crippen molar-refractivity contribution in [1.29, 1.82) is 0 Å². The number of likely N-dealkylation sites (N-methyl/N-ethyl adjacent to an activating group) is 2. The van der Waals surface area contributed by atoms with Crippen molar-refractivity contribution in [3.63, 3.8) is 0 Å². The quantitative estimate of drug-likeness (QED) is 0.731. The van der Waals surface area contributed by atoms with Crippen molar-refractivity contribution in [3.05, 3.63) is 35.0 Å². The van der Waals surface area contributed by atoms with Gasteiger partial charge in [0.05, 0.1) is 11.1 Å². The molecule has 0 saturated heterocycles. The molecule has 2 rings (SSSR count). The number of para-hydroxylation sites is 1. The average Bonchev–Trinajstić information content (AvgIpc) is 2.76. The van der Waals surface area contributed by atoms with Crippen molar-refractivity contribution in [2.75, 3.05) is 47.9 Å². The molecule has 0 aliphatic heterocycles. The Morgan fingerprint density at radius 3 is 2.38 bits per heavy atom. The number of esters is 1. The van der Waals surface area contributed by atoms with Crippen LogP contribution in [0.5, 0.6) is 0 Å². The van der Waals surface area contributed by atoms with Crippen LogP contribution in [-0.4, -0.2) is 68.2 Å². The van der Waals surface area contributed by atoms with Crippen LogP contribution in [0.15, 0.2) is 18.2 Å². The molecule has 1 aromatic heterocycles. The fourth-order valence-electron chi connectivity index (χ4n) is 2.84. The molecule has 0 saturated carbocycles. The van der Waals surface area contributed by atoms with Crippen molar-refractivity contribution in [1.82, 2.24) is 14.4 Å². The van der Waals surface area contributed by atoms with E-state index in [4.69, 9.17) is 4.74 Å². The predicted octanol–water partition coefficient (Wildman–Crippen LogP) is 2.54. The molecular weight excluding hydrogens is 302 g/mol. The first kappa shape index (κ1) is 18.5. The SMILES string of the molecule is Cc1c(C)n(CCN(C)C)c2c(C(=O)OCCN(C)C)cccc12. The van der Waals surface area contributed by atoms with Gasteiger partial charge in [0.15, 0.2) is 0 Å². The molecule has 2 aromatic rings. The Labute approximate surface area is 144 Å². The molecule has 0 atom stereocenters. The van der Waals surface area contributed by atoms with Gasteiger partial charge in [0, 0.05) is 30.7 Å². The van der Waals surface area contributed by atoms with Gasteiger partial charge in [0.1, 0.15) is 6.61 Å². The molecule has 0 aliphatic rings. The second kappa shape index (κ2) is 7.81. The van der Waals surface area contributed by atoms with E-state index in [-0.39, 0.29) is 5.97 Å². The fraction of sp³-hybridized carbons (Fsp3) is 0.526. The fourth-order valence-corrected chi connectivity index (χ4v) is 2.84. The molecule has 0 fully saturated rings. The minimum absolute atomic E-state index is 0.244. The molecule has 0 bridgehead atoms. The molecule has 0 N–H and O–H groups in total. The van der Waals surface area contributed by atoms with E-state index in [1.807, 2.05) is 31.1 Å². The topological polar surface area (TPSA) is 37.7 Å². The van der Waals surface area contributed by atoms with Gasteiger partial charge in [-0.25, -0.2) is 4.79 Å². The first-order valence-corrected chi connectivity index (χ1v) is 8.38. The standard InChI is InChI=1S/C19H29N3O2/c1-14-15(2)22(11-10-20(3)4)18-16(14)8-7-9-17(18)19(23)24-13-12-21(5)6/h7-9H,10-13H2,1-6H3. The third-order valence-corrected chi connectivity index (χ3v) is 4.42. The van der Waals surface area contributed by atoms with Gasteiger partial charge in [-0.2, -0.15) is 0 Å². The maximum atomic E-state index is 12.6. The van der Waals surface area contributed by atoms with E-state index in [9.17, 15) is 4.79 Å². The largest absolute Gasteiger partial charge is 0.461 e. The van der Waals surface area contributed by atoms with Crippen molar-refractivity contribution >= 4 is 16.9 Å². The van der Waals surface area contributed by atoms with Crippen LogP contribution in [0.1, 0.15) is 21.6 Å². The Morgan fingerprint density at radius 1 is 1.08 bits per heavy atom. The minimum Gasteiger partial charge on any atom is -0.461 e. The van der Waals surface area contributed by atoms with Gasteiger partial charge in [-0.1, -0.05) is 12.1 Å². The Hall–Kier alpha value is -1.85. The highest BCUT2D eigenvalue weighted by atomic mass is 16.5. The molecule has 0 aliphatic carbocycles. The summed E-state index contributed by atoms with van der Waals surface area (Å²) in [5.74, 6) is -0.244. The van der Waals surface area contributed by atoms with Crippen LogP contribution in [0.3, 0.4) is 0 Å². The molecular formula is C19H29N3O2. The summed E-state index contributed by atoms with van der Waals surface area (Å²) in [4.78, 5) is 16.7. The normalized spacial score (nSPS) is 11.7. The highest BCUT2D eigenvalue weighted by Gasteiger charge is 2.19. The number of benzene rings is 1. The maximum Gasteiger partial charge on any atom is 0.340 e. The molecule has 0 amide bonds. The third-order valence-electron chi connectivity index (χ3n) is 4.42. The van der Waals surface area contributed by atoms with Crippen molar-refractivity contribution in [3.8, 4) is 0 Å². The molecule has 24 heavy (non-hydrogen) atoms. The first-order valence-electron chi connectivity index (χ1n) is 8.38. The van der Waals surface area contributed by atoms with Gasteiger partial charge in [-0.15, -0.1) is 0 Å². The Balaban J connectivity index is 2.39. The Morgan fingerprint density at radius 2 is 1.75 bits per heavy atom. The summed E-state index contributed by atoms with van der Waals surface area (Å²) < 4.78 is 7.72. The van der Waals surface area contributed by atoms with Crippen LogP contribution in [0.2, 0.25) is 0 Å². The zero-order valence-corrected chi connectivity index (χ0v) is 15.7. The molecule has 1 heterocycles. The summed E-state index contributed by atoms with van der Waals surface area (Å²) in [5, 5.41) is 1.13. The van der Waals surface area contributed by atoms with E-state index in [1.165, 1.54) is 11.3 Å². The smallest absolute Gasteiger partial charge is 0.340 e. The average molecular weight is 331 g/mol. The van der Waals surface area contributed by atoms with Crippen LogP contribution in [0.4, 0.5) is 0 Å². The van der Waals surface area contributed by atoms with Gasteiger partial charge >= 0.3 is 5.97 Å². The molecule has 5 nitrogen and oxygen atoms in total. The van der Waals surface area contributed by atoms with Crippen LogP contribution >= 0.6 is 0 Å². The van der Waals surface area contributed by atoms with Crippen molar-refractivity contribution < 1.29 is 9.53 Å². The zero-order chi connectivity index (χ0) is 17.9. The number of hydrogen-bond acceptors (Lipinski definition) is 4. The molecule has 1 aromatic carbocycles. The number of hydrogen-bond donors (Lipinski definition) is 0. The number of nitrogens with zero attached hydrogens (tertiary/aromatic N) is 3. The summed E-state index contributed by atoms with van der Waals surface area (Å²) in [7, 11) is 8.05. The first-order chi connectivity index (χ1) is 11.3. The van der Waals surface area contributed by atoms with Gasteiger partial charge in [-0.05, 0) is 53.7 Å². The van der Waals surface area contributed by atoms with Crippen molar-refractivity contribution in [2.45, 2.75) is 20.4 Å². The summed E-state index contributed by atoms with van der Waals surface area (Å²) in [5.41, 5.74) is 4.08. The molecule has 0 radical (unpaired) electrons. The highest BCUT2D eigenvalue weighted by molar-refractivity contribution is 6.04. The van der Waals surface area contributed by atoms with Gasteiger partial charge < -0.3 is 19.1 Å². The van der Waals surface area contributed by atoms with Gasteiger partial charge in [0.25, 0.3) is 0 Å². The lowest BCUT2D eigenvalue weighted by Crippen LogP contribution is -2.21. The summed E-state index contributed by atoms with van der Waals surface area (Å²) >= 11 is 0. The van der Waals surface area contributed by atoms with E-state index >= 15 is 0 Å². The predicted molar refractivity (Wildman–Crippen MR) is 98.8 cm³/mol. The van der Waals surface area contributed by atoms with Crippen molar-refractivity contribution in [2.24, 2.45) is 0 Å². The monoisotopic (exact) mass is 331 g/mol. The van der Waals surface area contributed by atoms with E-state index < -0.39 is 0 Å². The van der Waals surface area contributed by atoms with E-state index in [0.717, 1.165) is 30.5 Å². The van der Waals surface area contributed by atoms with E-state index in [2.05, 4.69) is 43.5 Å². The summed E-state index contributed by atoms with van der Waals surface area (Å²) in [6, 6.07) is 5.89. The number of ether oxygens (including phenoxy) is 1. The summed E-state index contributed by atoms with van der Waals surface area (Å²) in [6.07, 6.45) is 0. The van der Waals surface area contributed by atoms with Crippen LogP contribution in [-0.2, 0) is 11.3 Å². The number of aromatic nitrogens is 1.